The van der Waals surface area contributed by atoms with Crippen LogP contribution in [-0.2, 0) is 0 Å². The molecule has 0 spiro atoms. The highest BCUT2D eigenvalue weighted by Gasteiger charge is 2.18. The van der Waals surface area contributed by atoms with Gasteiger partial charge in [-0.2, -0.15) is 0 Å². The smallest absolute Gasteiger partial charge is 0.123 e. The molecule has 0 aromatic heterocycles. The zero-order valence-electron chi connectivity index (χ0n) is 12.0. The van der Waals surface area contributed by atoms with Crippen molar-refractivity contribution in [1.29, 1.82) is 0 Å². The van der Waals surface area contributed by atoms with Crippen molar-refractivity contribution in [2.24, 2.45) is 0 Å². The lowest BCUT2D eigenvalue weighted by Crippen LogP contribution is -2.49. The molecule has 1 heterocycles. The summed E-state index contributed by atoms with van der Waals surface area (Å²) in [5.74, 6) is 0.299. The van der Waals surface area contributed by atoms with Crippen molar-refractivity contribution >= 4 is 0 Å². The molecular formula is C15H23FN2O2. The van der Waals surface area contributed by atoms with Crippen LogP contribution in [0.1, 0.15) is 6.92 Å². The fourth-order valence-corrected chi connectivity index (χ4v) is 2.36. The van der Waals surface area contributed by atoms with Gasteiger partial charge in [0, 0.05) is 32.7 Å². The Kier molecular flexibility index (Phi) is 5.76. The Morgan fingerprint density at radius 3 is 2.35 bits per heavy atom. The number of ether oxygens (including phenoxy) is 1. The van der Waals surface area contributed by atoms with Crippen LogP contribution in [0.4, 0.5) is 4.39 Å². The number of β-amino-alcohol motifs (C(OH)–C–C–N with tert-alkyl or cyclic N) is 1. The van der Waals surface area contributed by atoms with E-state index in [9.17, 15) is 9.50 Å². The number of piperazine rings is 1. The third-order valence-corrected chi connectivity index (χ3v) is 3.64. The predicted octanol–water partition coefficient (Wildman–Crippen LogP) is 1.20. The van der Waals surface area contributed by atoms with E-state index in [-0.39, 0.29) is 12.4 Å². The van der Waals surface area contributed by atoms with Crippen LogP contribution >= 0.6 is 0 Å². The average Bonchev–Trinajstić information content (AvgIpc) is 2.47. The molecule has 1 aromatic carbocycles. The van der Waals surface area contributed by atoms with Crippen LogP contribution in [0.5, 0.6) is 5.75 Å². The molecule has 4 nitrogen and oxygen atoms in total. The molecule has 0 saturated carbocycles. The first kappa shape index (κ1) is 15.2. The van der Waals surface area contributed by atoms with Crippen LogP contribution in [-0.4, -0.2) is 66.9 Å². The van der Waals surface area contributed by atoms with Gasteiger partial charge in [0.05, 0.1) is 0 Å². The van der Waals surface area contributed by atoms with Crippen molar-refractivity contribution in [2.45, 2.75) is 13.0 Å². The Morgan fingerprint density at radius 2 is 1.75 bits per heavy atom. The number of benzene rings is 1. The number of likely N-dealkylation sites (N-methyl/N-ethyl adjacent to an activating group) is 1. The maximum Gasteiger partial charge on any atom is 0.123 e. The minimum atomic E-state index is -0.520. The first-order valence-corrected chi connectivity index (χ1v) is 7.18. The van der Waals surface area contributed by atoms with E-state index in [0.717, 1.165) is 32.7 Å². The van der Waals surface area contributed by atoms with E-state index in [1.54, 1.807) is 12.1 Å². The van der Waals surface area contributed by atoms with Gasteiger partial charge in [0.15, 0.2) is 0 Å². The van der Waals surface area contributed by atoms with E-state index >= 15 is 0 Å². The zero-order chi connectivity index (χ0) is 14.4. The van der Waals surface area contributed by atoms with Gasteiger partial charge in [-0.15, -0.1) is 0 Å². The molecule has 1 aliphatic heterocycles. The summed E-state index contributed by atoms with van der Waals surface area (Å²) in [6, 6.07) is 5.85. The van der Waals surface area contributed by atoms with E-state index in [1.165, 1.54) is 12.1 Å². The van der Waals surface area contributed by atoms with Crippen LogP contribution in [0.25, 0.3) is 0 Å². The van der Waals surface area contributed by atoms with Crippen molar-refractivity contribution in [1.82, 2.24) is 9.80 Å². The summed E-state index contributed by atoms with van der Waals surface area (Å²) in [5, 5.41) is 9.99. The molecule has 0 amide bonds. The van der Waals surface area contributed by atoms with Crippen LogP contribution in [0.2, 0.25) is 0 Å². The lowest BCUT2D eigenvalue weighted by Gasteiger charge is -2.34. The van der Waals surface area contributed by atoms with Crippen molar-refractivity contribution in [3.8, 4) is 5.75 Å². The summed E-state index contributed by atoms with van der Waals surface area (Å²) in [4.78, 5) is 4.66. The first-order valence-electron chi connectivity index (χ1n) is 7.18. The molecule has 5 heteroatoms. The molecule has 1 saturated heterocycles. The maximum atomic E-state index is 12.7. The van der Waals surface area contributed by atoms with Crippen LogP contribution in [0, 0.1) is 5.82 Å². The van der Waals surface area contributed by atoms with Gasteiger partial charge in [-0.3, -0.25) is 4.90 Å². The number of hydrogen-bond donors (Lipinski definition) is 1. The molecule has 1 N–H and O–H groups in total. The molecule has 1 atom stereocenters. The number of aliphatic hydroxyl groups excluding tert-OH is 1. The standard InChI is InChI=1S/C15H23FN2O2/c1-2-17-7-9-18(10-8-17)11-14(19)12-20-15-5-3-13(16)4-6-15/h3-6,14,19H,2,7-12H2,1H3/t14-/m1/s1. The third-order valence-electron chi connectivity index (χ3n) is 3.64. The molecule has 2 rings (SSSR count). The molecule has 0 radical (unpaired) electrons. The maximum absolute atomic E-state index is 12.7. The molecule has 1 aromatic rings. The second-order valence-electron chi connectivity index (χ2n) is 5.15. The van der Waals surface area contributed by atoms with Crippen LogP contribution in [0.3, 0.4) is 0 Å². The zero-order valence-corrected chi connectivity index (χ0v) is 12.0. The minimum absolute atomic E-state index is 0.236. The second-order valence-corrected chi connectivity index (χ2v) is 5.15. The van der Waals surface area contributed by atoms with Crippen molar-refractivity contribution in [3.05, 3.63) is 30.1 Å². The van der Waals surface area contributed by atoms with Crippen molar-refractivity contribution < 1.29 is 14.2 Å². The molecule has 20 heavy (non-hydrogen) atoms. The molecule has 0 unspecified atom stereocenters. The number of rotatable bonds is 6. The van der Waals surface area contributed by atoms with Gasteiger partial charge in [-0.05, 0) is 30.8 Å². The highest BCUT2D eigenvalue weighted by Crippen LogP contribution is 2.11. The Hall–Kier alpha value is -1.17. The molecule has 1 aliphatic rings. The average molecular weight is 282 g/mol. The highest BCUT2D eigenvalue weighted by atomic mass is 19.1. The normalized spacial score (nSPS) is 18.9. The van der Waals surface area contributed by atoms with Gasteiger partial charge >= 0.3 is 0 Å². The van der Waals surface area contributed by atoms with E-state index in [1.807, 2.05) is 0 Å². The lowest BCUT2D eigenvalue weighted by molar-refractivity contribution is 0.0471. The number of nitrogens with zero attached hydrogens (tertiary/aromatic N) is 2. The summed E-state index contributed by atoms with van der Waals surface area (Å²) in [6.07, 6.45) is -0.520. The number of aliphatic hydroxyl groups is 1. The Balaban J connectivity index is 1.68. The van der Waals surface area contributed by atoms with E-state index < -0.39 is 6.10 Å². The van der Waals surface area contributed by atoms with E-state index in [2.05, 4.69) is 16.7 Å². The first-order chi connectivity index (χ1) is 9.67. The topological polar surface area (TPSA) is 35.9 Å². The fraction of sp³-hybridized carbons (Fsp3) is 0.600. The van der Waals surface area contributed by atoms with Gasteiger partial charge in [0.1, 0.15) is 24.3 Å². The largest absolute Gasteiger partial charge is 0.491 e. The van der Waals surface area contributed by atoms with Crippen molar-refractivity contribution in [3.63, 3.8) is 0 Å². The fourth-order valence-electron chi connectivity index (χ4n) is 2.36. The molecule has 112 valence electrons. The van der Waals surface area contributed by atoms with Crippen LogP contribution in [0.15, 0.2) is 24.3 Å². The number of hydrogen-bond acceptors (Lipinski definition) is 4. The number of halogens is 1. The molecule has 0 aliphatic carbocycles. The van der Waals surface area contributed by atoms with Crippen LogP contribution < -0.4 is 4.74 Å². The monoisotopic (exact) mass is 282 g/mol. The van der Waals surface area contributed by atoms with Gasteiger partial charge in [0.25, 0.3) is 0 Å². The summed E-state index contributed by atoms with van der Waals surface area (Å²) in [5.41, 5.74) is 0. The SMILES string of the molecule is CCN1CCN(C[C@@H](O)COc2ccc(F)cc2)CC1. The molecule has 0 bridgehead atoms. The van der Waals surface area contributed by atoms with Gasteiger partial charge in [-0.1, -0.05) is 6.92 Å². The lowest BCUT2D eigenvalue weighted by atomic mass is 10.2. The summed E-state index contributed by atoms with van der Waals surface area (Å²) in [6.45, 7) is 8.20. The minimum Gasteiger partial charge on any atom is -0.491 e. The quantitative estimate of drug-likeness (QED) is 0.850. The molecular weight excluding hydrogens is 259 g/mol. The Labute approximate surface area is 119 Å². The third kappa shape index (κ3) is 4.74. The van der Waals surface area contributed by atoms with Gasteiger partial charge < -0.3 is 14.7 Å². The van der Waals surface area contributed by atoms with Crippen molar-refractivity contribution in [2.75, 3.05) is 45.9 Å². The summed E-state index contributed by atoms with van der Waals surface area (Å²) >= 11 is 0. The van der Waals surface area contributed by atoms with Gasteiger partial charge in [-0.25, -0.2) is 4.39 Å². The molecule has 1 fully saturated rings. The van der Waals surface area contributed by atoms with Gasteiger partial charge in [0.2, 0.25) is 0 Å². The summed E-state index contributed by atoms with van der Waals surface area (Å²) in [7, 11) is 0. The Bertz CT molecular complexity index is 391. The highest BCUT2D eigenvalue weighted by molar-refractivity contribution is 5.22. The Morgan fingerprint density at radius 1 is 1.15 bits per heavy atom. The van der Waals surface area contributed by atoms with E-state index in [0.29, 0.717) is 12.3 Å². The predicted molar refractivity (Wildman–Crippen MR) is 76.5 cm³/mol. The van der Waals surface area contributed by atoms with E-state index in [4.69, 9.17) is 4.74 Å². The summed E-state index contributed by atoms with van der Waals surface area (Å²) < 4.78 is 18.2. The second kappa shape index (κ2) is 7.57.